The summed E-state index contributed by atoms with van der Waals surface area (Å²) in [4.78, 5) is 51.9. The second-order valence-electron chi connectivity index (χ2n) is 7.42. The van der Waals surface area contributed by atoms with Gasteiger partial charge in [-0.1, -0.05) is 24.3 Å². The number of imide groups is 1. The van der Waals surface area contributed by atoms with Crippen molar-refractivity contribution in [2.45, 2.75) is 19.6 Å². The highest BCUT2D eigenvalue weighted by Crippen LogP contribution is 2.35. The Kier molecular flexibility index (Phi) is 6.44. The minimum atomic E-state index is -4.76. The maximum Gasteiger partial charge on any atom is 0.417 e. The monoisotopic (exact) mass is 502 g/mol. The number of carbonyl (C=O) groups excluding carboxylic acids is 4. The van der Waals surface area contributed by atoms with Crippen molar-refractivity contribution in [3.05, 3.63) is 87.3 Å². The molecule has 0 radical (unpaired) electrons. The van der Waals surface area contributed by atoms with Crippen LogP contribution in [0.1, 0.15) is 58.8 Å². The molecular formula is C24H17F3N2O5S. The number of hydrogen-bond donors (Lipinski definition) is 1. The number of benzene rings is 2. The number of ether oxygens (including phenoxy) is 1. The number of amides is 3. The number of fused-ring (bicyclic) bond motifs is 1. The van der Waals surface area contributed by atoms with Gasteiger partial charge in [0.1, 0.15) is 5.00 Å². The fourth-order valence-corrected chi connectivity index (χ4v) is 4.64. The molecule has 0 atom stereocenters. The number of anilines is 1. The van der Waals surface area contributed by atoms with Crippen LogP contribution < -0.4 is 5.32 Å². The van der Waals surface area contributed by atoms with E-state index in [1.54, 1.807) is 19.1 Å². The predicted octanol–water partition coefficient (Wildman–Crippen LogP) is 4.99. The van der Waals surface area contributed by atoms with Crippen LogP contribution in [0.2, 0.25) is 0 Å². The van der Waals surface area contributed by atoms with Gasteiger partial charge < -0.3 is 10.1 Å². The number of thiophene rings is 1. The van der Waals surface area contributed by atoms with Crippen molar-refractivity contribution >= 4 is 40.0 Å². The van der Waals surface area contributed by atoms with Gasteiger partial charge in [-0.3, -0.25) is 19.3 Å². The van der Waals surface area contributed by atoms with E-state index in [0.717, 1.165) is 34.4 Å². The molecule has 4 rings (SSSR count). The van der Waals surface area contributed by atoms with Crippen molar-refractivity contribution in [1.82, 2.24) is 4.90 Å². The summed E-state index contributed by atoms with van der Waals surface area (Å²) in [5.74, 6) is -2.91. The van der Waals surface area contributed by atoms with Crippen LogP contribution in [-0.4, -0.2) is 35.2 Å². The summed E-state index contributed by atoms with van der Waals surface area (Å²) >= 11 is 0.860. The third-order valence-electron chi connectivity index (χ3n) is 5.17. The van der Waals surface area contributed by atoms with Gasteiger partial charge in [-0.2, -0.15) is 13.2 Å². The average Bonchev–Trinajstić information content (AvgIpc) is 3.33. The van der Waals surface area contributed by atoms with Crippen LogP contribution in [0, 0.1) is 0 Å². The zero-order valence-electron chi connectivity index (χ0n) is 18.1. The lowest BCUT2D eigenvalue weighted by molar-refractivity contribution is -0.137. The summed E-state index contributed by atoms with van der Waals surface area (Å²) in [7, 11) is 0. The number of halogens is 3. The van der Waals surface area contributed by atoms with Gasteiger partial charge in [0, 0.05) is 4.88 Å². The SMILES string of the molecule is CCOC(=O)c1cc(CN2C(=O)c3ccccc3C2=O)sc1NC(=O)c1ccccc1C(F)(F)F. The third-order valence-corrected chi connectivity index (χ3v) is 6.21. The Labute approximate surface area is 201 Å². The second kappa shape index (κ2) is 9.34. The van der Waals surface area contributed by atoms with Crippen LogP contribution in [0.5, 0.6) is 0 Å². The van der Waals surface area contributed by atoms with Crippen LogP contribution in [0.25, 0.3) is 0 Å². The fraction of sp³-hybridized carbons (Fsp3) is 0.167. The summed E-state index contributed by atoms with van der Waals surface area (Å²) in [5, 5.41) is 2.30. The largest absolute Gasteiger partial charge is 0.462 e. The molecule has 0 bridgehead atoms. The minimum Gasteiger partial charge on any atom is -0.462 e. The highest BCUT2D eigenvalue weighted by molar-refractivity contribution is 7.16. The van der Waals surface area contributed by atoms with E-state index in [0.29, 0.717) is 4.88 Å². The van der Waals surface area contributed by atoms with Crippen LogP contribution in [0.3, 0.4) is 0 Å². The molecule has 1 N–H and O–H groups in total. The maximum atomic E-state index is 13.4. The average molecular weight is 502 g/mol. The fourth-order valence-electron chi connectivity index (χ4n) is 3.61. The molecule has 0 unspecified atom stereocenters. The smallest absolute Gasteiger partial charge is 0.417 e. The lowest BCUT2D eigenvalue weighted by atomic mass is 10.1. The van der Waals surface area contributed by atoms with E-state index in [2.05, 4.69) is 5.32 Å². The van der Waals surface area contributed by atoms with Crippen LogP contribution in [-0.2, 0) is 17.5 Å². The van der Waals surface area contributed by atoms with E-state index >= 15 is 0 Å². The van der Waals surface area contributed by atoms with Gasteiger partial charge in [0.25, 0.3) is 17.7 Å². The zero-order valence-corrected chi connectivity index (χ0v) is 19.0. The molecule has 2 aromatic carbocycles. The van der Waals surface area contributed by atoms with Gasteiger partial charge in [0.05, 0.1) is 41.0 Å². The van der Waals surface area contributed by atoms with Gasteiger partial charge in [-0.15, -0.1) is 11.3 Å². The molecule has 1 aliphatic heterocycles. The Bertz CT molecular complexity index is 1310. The van der Waals surface area contributed by atoms with Gasteiger partial charge in [0.15, 0.2) is 0 Å². The predicted molar refractivity (Wildman–Crippen MR) is 120 cm³/mol. The van der Waals surface area contributed by atoms with Crippen LogP contribution in [0.15, 0.2) is 54.6 Å². The topological polar surface area (TPSA) is 92.8 Å². The molecule has 0 fully saturated rings. The summed E-state index contributed by atoms with van der Waals surface area (Å²) < 4.78 is 45.1. The molecule has 3 amide bonds. The number of nitrogens with zero attached hydrogens (tertiary/aromatic N) is 1. The Balaban J connectivity index is 1.64. The number of carbonyl (C=O) groups is 4. The Hall–Kier alpha value is -3.99. The molecule has 11 heteroatoms. The normalized spacial score (nSPS) is 13.1. The molecule has 35 heavy (non-hydrogen) atoms. The summed E-state index contributed by atoms with van der Waals surface area (Å²) in [6.07, 6.45) is -4.76. The molecule has 0 saturated heterocycles. The lowest BCUT2D eigenvalue weighted by Crippen LogP contribution is -2.28. The van der Waals surface area contributed by atoms with E-state index in [1.165, 1.54) is 24.3 Å². The molecule has 3 aromatic rings. The number of esters is 1. The highest BCUT2D eigenvalue weighted by Gasteiger charge is 2.37. The standard InChI is InChI=1S/C24H17F3N2O5S/c1-2-34-23(33)17-11-13(12-29-21(31)14-7-3-4-8-15(14)22(29)32)35-20(17)28-19(30)16-9-5-6-10-18(16)24(25,26)27/h3-11H,2,12H2,1H3,(H,28,30). The van der Waals surface area contributed by atoms with Gasteiger partial charge in [-0.25, -0.2) is 4.79 Å². The molecule has 180 valence electrons. The molecule has 7 nitrogen and oxygen atoms in total. The Morgan fingerprint density at radius 3 is 2.17 bits per heavy atom. The van der Waals surface area contributed by atoms with E-state index < -0.39 is 41.0 Å². The first-order valence-electron chi connectivity index (χ1n) is 10.3. The van der Waals surface area contributed by atoms with Crippen molar-refractivity contribution in [2.75, 3.05) is 11.9 Å². The summed E-state index contributed by atoms with van der Waals surface area (Å²) in [6, 6.07) is 11.9. The first-order chi connectivity index (χ1) is 16.6. The number of alkyl halides is 3. The van der Waals surface area contributed by atoms with Crippen LogP contribution in [0.4, 0.5) is 18.2 Å². The lowest BCUT2D eigenvalue weighted by Gasteiger charge is -2.13. The maximum absolute atomic E-state index is 13.4. The molecule has 2 heterocycles. The Morgan fingerprint density at radius 2 is 1.57 bits per heavy atom. The summed E-state index contributed by atoms with van der Waals surface area (Å²) in [6.45, 7) is 1.40. The van der Waals surface area contributed by atoms with Crippen molar-refractivity contribution in [3.63, 3.8) is 0 Å². The van der Waals surface area contributed by atoms with Gasteiger partial charge >= 0.3 is 12.1 Å². The van der Waals surface area contributed by atoms with Crippen LogP contribution >= 0.6 is 11.3 Å². The quantitative estimate of drug-likeness (QED) is 0.379. The molecule has 0 saturated carbocycles. The third kappa shape index (κ3) is 4.67. The van der Waals surface area contributed by atoms with E-state index in [4.69, 9.17) is 4.74 Å². The molecule has 1 aromatic heterocycles. The number of rotatable bonds is 6. The minimum absolute atomic E-state index is 0.0205. The highest BCUT2D eigenvalue weighted by atomic mass is 32.1. The zero-order chi connectivity index (χ0) is 25.3. The number of nitrogens with one attached hydrogen (secondary N) is 1. The van der Waals surface area contributed by atoms with Gasteiger partial charge in [0.2, 0.25) is 0 Å². The van der Waals surface area contributed by atoms with Gasteiger partial charge in [-0.05, 0) is 37.3 Å². The summed E-state index contributed by atoms with van der Waals surface area (Å²) in [5.41, 5.74) is -1.35. The van der Waals surface area contributed by atoms with Crippen molar-refractivity contribution in [3.8, 4) is 0 Å². The molecule has 0 spiro atoms. The molecule has 0 aliphatic carbocycles. The van der Waals surface area contributed by atoms with Crippen molar-refractivity contribution in [2.24, 2.45) is 0 Å². The first-order valence-corrected chi connectivity index (χ1v) is 11.2. The second-order valence-corrected chi connectivity index (χ2v) is 8.55. The van der Waals surface area contributed by atoms with E-state index in [-0.39, 0.29) is 34.8 Å². The molecular weight excluding hydrogens is 485 g/mol. The Morgan fingerprint density at radius 1 is 0.971 bits per heavy atom. The van der Waals surface area contributed by atoms with Crippen molar-refractivity contribution in [1.29, 1.82) is 0 Å². The van der Waals surface area contributed by atoms with Crippen molar-refractivity contribution < 1.29 is 37.1 Å². The first kappa shape index (κ1) is 24.1. The van der Waals surface area contributed by atoms with E-state index in [1.807, 2.05) is 0 Å². The van der Waals surface area contributed by atoms with E-state index in [9.17, 15) is 32.3 Å². The number of hydrogen-bond acceptors (Lipinski definition) is 6. The molecule has 1 aliphatic rings.